The zero-order chi connectivity index (χ0) is 14.4. The van der Waals surface area contributed by atoms with Crippen molar-refractivity contribution in [3.8, 4) is 0 Å². The van der Waals surface area contributed by atoms with Gasteiger partial charge < -0.3 is 0 Å². The Balaban J connectivity index is 2.03. The van der Waals surface area contributed by atoms with E-state index < -0.39 is 5.60 Å². The third-order valence-electron chi connectivity index (χ3n) is 3.75. The maximum absolute atomic E-state index is 5.78. The molecule has 0 bridgehead atoms. The summed E-state index contributed by atoms with van der Waals surface area (Å²) in [6.45, 7) is 6.80. The predicted octanol–water partition coefficient (Wildman–Crippen LogP) is 4.71. The van der Waals surface area contributed by atoms with Crippen LogP contribution in [0.2, 0.25) is 0 Å². The Labute approximate surface area is 121 Å². The smallest absolute Gasteiger partial charge is 0.128 e. The highest BCUT2D eigenvalue weighted by Gasteiger charge is 2.33. The molecule has 0 radical (unpaired) electrons. The minimum Gasteiger partial charge on any atom is -0.231 e. The van der Waals surface area contributed by atoms with E-state index in [1.54, 1.807) is 0 Å². The van der Waals surface area contributed by atoms with Gasteiger partial charge in [-0.2, -0.15) is 0 Å². The molecule has 0 amide bonds. The van der Waals surface area contributed by atoms with Crippen LogP contribution in [-0.2, 0) is 22.0 Å². The molecule has 1 atom stereocenters. The molecule has 0 spiro atoms. The van der Waals surface area contributed by atoms with Gasteiger partial charge in [-0.25, -0.2) is 9.78 Å². The molecule has 2 aromatic carbocycles. The van der Waals surface area contributed by atoms with Crippen LogP contribution in [0.25, 0.3) is 0 Å². The lowest BCUT2D eigenvalue weighted by Crippen LogP contribution is -2.32. The second-order valence-electron chi connectivity index (χ2n) is 5.46. The van der Waals surface area contributed by atoms with E-state index in [0.29, 0.717) is 12.5 Å². The molecular formula is C18H22O2. The van der Waals surface area contributed by atoms with Gasteiger partial charge in [0.25, 0.3) is 0 Å². The Morgan fingerprint density at radius 3 is 2.00 bits per heavy atom. The van der Waals surface area contributed by atoms with Crippen LogP contribution in [0.15, 0.2) is 60.7 Å². The summed E-state index contributed by atoms with van der Waals surface area (Å²) in [5.41, 5.74) is 1.78. The van der Waals surface area contributed by atoms with Gasteiger partial charge in [0, 0.05) is 0 Å². The largest absolute Gasteiger partial charge is 0.231 e. The second kappa shape index (κ2) is 6.69. The third kappa shape index (κ3) is 3.47. The van der Waals surface area contributed by atoms with Crippen molar-refractivity contribution >= 4 is 0 Å². The van der Waals surface area contributed by atoms with Crippen molar-refractivity contribution in [1.29, 1.82) is 0 Å². The quantitative estimate of drug-likeness (QED) is 0.559. The zero-order valence-electron chi connectivity index (χ0n) is 12.4. The molecule has 0 N–H and O–H groups in total. The van der Waals surface area contributed by atoms with Crippen LogP contribution in [0.1, 0.15) is 31.9 Å². The Hall–Kier alpha value is -1.64. The standard InChI is InChI=1S/C18H22O2/c1-15(2)18(3,17-12-8-5-9-13-17)20-19-14-16-10-6-4-7-11-16/h4-13,15H,14H2,1-3H3. The van der Waals surface area contributed by atoms with Gasteiger partial charge in [0.15, 0.2) is 0 Å². The fraction of sp³-hybridized carbons (Fsp3) is 0.333. The van der Waals surface area contributed by atoms with Crippen molar-refractivity contribution in [3.05, 3.63) is 71.8 Å². The number of hydrogen-bond donors (Lipinski definition) is 0. The number of hydrogen-bond acceptors (Lipinski definition) is 2. The summed E-state index contributed by atoms with van der Waals surface area (Å²) in [5, 5.41) is 0. The zero-order valence-corrected chi connectivity index (χ0v) is 12.4. The lowest BCUT2D eigenvalue weighted by atomic mass is 9.85. The van der Waals surface area contributed by atoms with Gasteiger partial charge in [0.2, 0.25) is 0 Å². The van der Waals surface area contributed by atoms with E-state index in [4.69, 9.17) is 9.78 Å². The van der Waals surface area contributed by atoms with E-state index >= 15 is 0 Å². The van der Waals surface area contributed by atoms with Gasteiger partial charge in [-0.3, -0.25) is 0 Å². The summed E-state index contributed by atoms with van der Waals surface area (Å²) in [4.78, 5) is 11.3. The molecule has 0 aliphatic heterocycles. The number of benzene rings is 2. The molecule has 0 aliphatic carbocycles. The van der Waals surface area contributed by atoms with Gasteiger partial charge in [0.05, 0.1) is 0 Å². The van der Waals surface area contributed by atoms with Gasteiger partial charge in [0.1, 0.15) is 12.2 Å². The lowest BCUT2D eigenvalue weighted by molar-refractivity contribution is -0.380. The summed E-state index contributed by atoms with van der Waals surface area (Å²) in [6, 6.07) is 20.2. The van der Waals surface area contributed by atoms with Crippen LogP contribution in [0, 0.1) is 5.92 Å². The Bertz CT molecular complexity index is 507. The van der Waals surface area contributed by atoms with Crippen LogP contribution in [0.5, 0.6) is 0 Å². The van der Waals surface area contributed by atoms with E-state index in [1.165, 1.54) is 0 Å². The van der Waals surface area contributed by atoms with Crippen LogP contribution in [0.3, 0.4) is 0 Å². The molecule has 0 saturated heterocycles. The SMILES string of the molecule is CC(C)C(C)(OOCc1ccccc1)c1ccccc1. The Morgan fingerprint density at radius 1 is 0.900 bits per heavy atom. The topological polar surface area (TPSA) is 18.5 Å². The van der Waals surface area contributed by atoms with Crippen molar-refractivity contribution in [2.75, 3.05) is 0 Å². The van der Waals surface area contributed by atoms with Gasteiger partial charge in [-0.15, -0.1) is 0 Å². The number of rotatable bonds is 6. The summed E-state index contributed by atoms with van der Waals surface area (Å²) in [5.74, 6) is 0.306. The van der Waals surface area contributed by atoms with Crippen LogP contribution < -0.4 is 0 Å². The predicted molar refractivity (Wildman–Crippen MR) is 80.9 cm³/mol. The molecule has 0 saturated carbocycles. The van der Waals surface area contributed by atoms with Crippen LogP contribution >= 0.6 is 0 Å². The van der Waals surface area contributed by atoms with Crippen molar-refractivity contribution in [2.24, 2.45) is 5.92 Å². The highest BCUT2D eigenvalue weighted by Crippen LogP contribution is 2.33. The molecule has 0 aliphatic rings. The average Bonchev–Trinajstić information content (AvgIpc) is 2.49. The van der Waals surface area contributed by atoms with Gasteiger partial charge in [-0.1, -0.05) is 74.5 Å². The molecule has 2 nitrogen and oxygen atoms in total. The molecule has 0 heterocycles. The van der Waals surface area contributed by atoms with Crippen molar-refractivity contribution in [2.45, 2.75) is 33.0 Å². The van der Waals surface area contributed by atoms with Crippen molar-refractivity contribution in [3.63, 3.8) is 0 Å². The monoisotopic (exact) mass is 270 g/mol. The van der Waals surface area contributed by atoms with Crippen LogP contribution in [0.4, 0.5) is 0 Å². The molecule has 0 aromatic heterocycles. The summed E-state index contributed by atoms with van der Waals surface area (Å²) >= 11 is 0. The van der Waals surface area contributed by atoms with E-state index in [9.17, 15) is 0 Å². The van der Waals surface area contributed by atoms with E-state index in [-0.39, 0.29) is 0 Å². The van der Waals surface area contributed by atoms with Crippen LogP contribution in [-0.4, -0.2) is 0 Å². The van der Waals surface area contributed by atoms with E-state index in [1.807, 2.05) is 48.5 Å². The molecule has 2 heteroatoms. The fourth-order valence-electron chi connectivity index (χ4n) is 2.04. The minimum absolute atomic E-state index is 0.306. The lowest BCUT2D eigenvalue weighted by Gasteiger charge is -2.32. The highest BCUT2D eigenvalue weighted by molar-refractivity contribution is 5.22. The normalized spacial score (nSPS) is 14.2. The molecule has 106 valence electrons. The molecule has 1 unspecified atom stereocenters. The molecule has 20 heavy (non-hydrogen) atoms. The Kier molecular flexibility index (Phi) is 4.94. The third-order valence-corrected chi connectivity index (χ3v) is 3.75. The first kappa shape index (κ1) is 14.8. The van der Waals surface area contributed by atoms with Crippen molar-refractivity contribution < 1.29 is 9.78 Å². The first-order valence-electron chi connectivity index (χ1n) is 7.03. The van der Waals surface area contributed by atoms with Gasteiger partial charge >= 0.3 is 0 Å². The maximum Gasteiger partial charge on any atom is 0.128 e. The average molecular weight is 270 g/mol. The van der Waals surface area contributed by atoms with Crippen molar-refractivity contribution in [1.82, 2.24) is 0 Å². The molecular weight excluding hydrogens is 248 g/mol. The minimum atomic E-state index is -0.448. The fourth-order valence-corrected chi connectivity index (χ4v) is 2.04. The van der Waals surface area contributed by atoms with E-state index in [0.717, 1.165) is 11.1 Å². The molecule has 2 aromatic rings. The molecule has 0 fully saturated rings. The van der Waals surface area contributed by atoms with Gasteiger partial charge in [-0.05, 0) is 24.0 Å². The summed E-state index contributed by atoms with van der Waals surface area (Å²) in [6.07, 6.45) is 0. The summed E-state index contributed by atoms with van der Waals surface area (Å²) in [7, 11) is 0. The Morgan fingerprint density at radius 2 is 1.45 bits per heavy atom. The first-order chi connectivity index (χ1) is 9.63. The second-order valence-corrected chi connectivity index (χ2v) is 5.46. The maximum atomic E-state index is 5.78. The van der Waals surface area contributed by atoms with E-state index in [2.05, 4.69) is 32.9 Å². The summed E-state index contributed by atoms with van der Waals surface area (Å²) < 4.78 is 0. The molecule has 2 rings (SSSR count). The highest BCUT2D eigenvalue weighted by atomic mass is 17.2. The first-order valence-corrected chi connectivity index (χ1v) is 7.03.